The van der Waals surface area contributed by atoms with Crippen LogP contribution in [-0.4, -0.2) is 24.2 Å². The summed E-state index contributed by atoms with van der Waals surface area (Å²) in [5, 5.41) is 9.77. The first kappa shape index (κ1) is 13.5. The van der Waals surface area contributed by atoms with Gasteiger partial charge in [0.05, 0.1) is 0 Å². The number of carboxylic acid groups (broad SMARTS) is 1. The van der Waals surface area contributed by atoms with Gasteiger partial charge in [-0.1, -0.05) is 13.8 Å². The highest BCUT2D eigenvalue weighted by Gasteiger charge is 2.12. The SMILES string of the molecule is CCCN(CCC)c1ccc2oc(C(=O)O)cc2c1. The van der Waals surface area contributed by atoms with Gasteiger partial charge < -0.3 is 14.4 Å². The molecule has 1 aromatic carbocycles. The largest absolute Gasteiger partial charge is 0.475 e. The number of fused-ring (bicyclic) bond motifs is 1. The number of benzene rings is 1. The van der Waals surface area contributed by atoms with E-state index in [1.165, 1.54) is 0 Å². The summed E-state index contributed by atoms with van der Waals surface area (Å²) < 4.78 is 5.27. The number of hydrogen-bond donors (Lipinski definition) is 1. The molecule has 0 saturated heterocycles. The van der Waals surface area contributed by atoms with E-state index in [-0.39, 0.29) is 5.76 Å². The minimum Gasteiger partial charge on any atom is -0.475 e. The van der Waals surface area contributed by atoms with Gasteiger partial charge >= 0.3 is 5.97 Å². The van der Waals surface area contributed by atoms with Crippen LogP contribution in [0.2, 0.25) is 0 Å². The summed E-state index contributed by atoms with van der Waals surface area (Å²) >= 11 is 0. The predicted molar refractivity (Wildman–Crippen MR) is 76.0 cm³/mol. The Kier molecular flexibility index (Phi) is 4.10. The Morgan fingerprint density at radius 1 is 1.21 bits per heavy atom. The molecule has 2 rings (SSSR count). The summed E-state index contributed by atoms with van der Waals surface area (Å²) in [5.74, 6) is -1.04. The van der Waals surface area contributed by atoms with E-state index in [4.69, 9.17) is 9.52 Å². The van der Waals surface area contributed by atoms with Crippen LogP contribution in [0.5, 0.6) is 0 Å². The first-order valence-electron chi connectivity index (χ1n) is 6.67. The van der Waals surface area contributed by atoms with E-state index in [9.17, 15) is 4.79 Å². The van der Waals surface area contributed by atoms with Crippen LogP contribution < -0.4 is 4.90 Å². The first-order chi connectivity index (χ1) is 9.15. The Balaban J connectivity index is 2.36. The third kappa shape index (κ3) is 2.89. The van der Waals surface area contributed by atoms with Crippen LogP contribution in [0.3, 0.4) is 0 Å². The fourth-order valence-corrected chi connectivity index (χ4v) is 2.24. The summed E-state index contributed by atoms with van der Waals surface area (Å²) in [5.41, 5.74) is 1.74. The number of carboxylic acids is 1. The molecular weight excluding hydrogens is 242 g/mol. The van der Waals surface area contributed by atoms with Crippen molar-refractivity contribution < 1.29 is 14.3 Å². The summed E-state index contributed by atoms with van der Waals surface area (Å²) in [7, 11) is 0. The molecule has 0 saturated carbocycles. The first-order valence-corrected chi connectivity index (χ1v) is 6.67. The van der Waals surface area contributed by atoms with E-state index in [1.54, 1.807) is 6.07 Å². The van der Waals surface area contributed by atoms with E-state index in [0.29, 0.717) is 5.58 Å². The minimum atomic E-state index is -1.03. The smallest absolute Gasteiger partial charge is 0.371 e. The maximum Gasteiger partial charge on any atom is 0.371 e. The van der Waals surface area contributed by atoms with Gasteiger partial charge in [0.15, 0.2) is 0 Å². The zero-order valence-corrected chi connectivity index (χ0v) is 11.3. The number of rotatable bonds is 6. The lowest BCUT2D eigenvalue weighted by molar-refractivity contribution is 0.0665. The Bertz CT molecular complexity index is 568. The molecule has 1 heterocycles. The molecule has 1 N–H and O–H groups in total. The van der Waals surface area contributed by atoms with Gasteiger partial charge in [-0.2, -0.15) is 0 Å². The predicted octanol–water partition coefficient (Wildman–Crippen LogP) is 3.76. The molecule has 102 valence electrons. The van der Waals surface area contributed by atoms with Gasteiger partial charge in [0, 0.05) is 24.2 Å². The second-order valence-corrected chi connectivity index (χ2v) is 4.62. The maximum absolute atomic E-state index is 10.9. The summed E-state index contributed by atoms with van der Waals surface area (Å²) in [6.07, 6.45) is 2.17. The average molecular weight is 261 g/mol. The van der Waals surface area contributed by atoms with E-state index in [1.807, 2.05) is 18.2 Å². The number of hydrogen-bond acceptors (Lipinski definition) is 3. The molecule has 0 aliphatic heterocycles. The summed E-state index contributed by atoms with van der Waals surface area (Å²) in [6, 6.07) is 7.41. The Morgan fingerprint density at radius 2 is 1.89 bits per heavy atom. The fraction of sp³-hybridized carbons (Fsp3) is 0.400. The lowest BCUT2D eigenvalue weighted by atomic mass is 10.2. The molecule has 1 aromatic heterocycles. The van der Waals surface area contributed by atoms with Crippen molar-refractivity contribution in [3.63, 3.8) is 0 Å². The molecule has 0 bridgehead atoms. The lowest BCUT2D eigenvalue weighted by Gasteiger charge is -2.23. The number of carbonyl (C=O) groups is 1. The molecule has 2 aromatic rings. The quantitative estimate of drug-likeness (QED) is 0.860. The van der Waals surface area contributed by atoms with Crippen molar-refractivity contribution in [3.05, 3.63) is 30.0 Å². The van der Waals surface area contributed by atoms with Gasteiger partial charge in [0.25, 0.3) is 0 Å². The Labute approximate surface area is 112 Å². The molecule has 0 aliphatic rings. The van der Waals surface area contributed by atoms with E-state index < -0.39 is 5.97 Å². The number of anilines is 1. The van der Waals surface area contributed by atoms with Crippen LogP contribution >= 0.6 is 0 Å². The molecule has 0 amide bonds. The second-order valence-electron chi connectivity index (χ2n) is 4.62. The van der Waals surface area contributed by atoms with Crippen molar-refractivity contribution in [2.75, 3.05) is 18.0 Å². The van der Waals surface area contributed by atoms with Gasteiger partial charge in [-0.05, 0) is 37.1 Å². The number of nitrogens with zero attached hydrogens (tertiary/aromatic N) is 1. The Hall–Kier alpha value is -1.97. The van der Waals surface area contributed by atoms with Gasteiger partial charge in [-0.15, -0.1) is 0 Å². The van der Waals surface area contributed by atoms with Crippen LogP contribution in [0.15, 0.2) is 28.7 Å². The fourth-order valence-electron chi connectivity index (χ4n) is 2.24. The zero-order chi connectivity index (χ0) is 13.8. The number of furan rings is 1. The van der Waals surface area contributed by atoms with Crippen LogP contribution in [0, 0.1) is 0 Å². The third-order valence-electron chi connectivity index (χ3n) is 3.06. The third-order valence-corrected chi connectivity index (χ3v) is 3.06. The van der Waals surface area contributed by atoms with Crippen LogP contribution in [0.1, 0.15) is 37.2 Å². The average Bonchev–Trinajstić information content (AvgIpc) is 2.81. The van der Waals surface area contributed by atoms with Crippen LogP contribution in [0.4, 0.5) is 5.69 Å². The van der Waals surface area contributed by atoms with Gasteiger partial charge in [0.1, 0.15) is 5.58 Å². The molecule has 0 radical (unpaired) electrons. The van der Waals surface area contributed by atoms with Gasteiger partial charge in [-0.25, -0.2) is 4.79 Å². The summed E-state index contributed by atoms with van der Waals surface area (Å²) in [6.45, 7) is 6.31. The van der Waals surface area contributed by atoms with Crippen molar-refractivity contribution >= 4 is 22.6 Å². The van der Waals surface area contributed by atoms with Crippen molar-refractivity contribution in [2.24, 2.45) is 0 Å². The highest BCUT2D eigenvalue weighted by Crippen LogP contribution is 2.25. The highest BCUT2D eigenvalue weighted by molar-refractivity contribution is 5.92. The van der Waals surface area contributed by atoms with Crippen LogP contribution in [-0.2, 0) is 0 Å². The number of aromatic carboxylic acids is 1. The summed E-state index contributed by atoms with van der Waals surface area (Å²) in [4.78, 5) is 13.2. The topological polar surface area (TPSA) is 53.7 Å². The molecule has 0 atom stereocenters. The van der Waals surface area contributed by atoms with Crippen molar-refractivity contribution in [1.29, 1.82) is 0 Å². The maximum atomic E-state index is 10.9. The molecule has 0 fully saturated rings. The van der Waals surface area contributed by atoms with Crippen LogP contribution in [0.25, 0.3) is 11.0 Å². The highest BCUT2D eigenvalue weighted by atomic mass is 16.4. The van der Waals surface area contributed by atoms with E-state index in [2.05, 4.69) is 18.7 Å². The van der Waals surface area contributed by atoms with E-state index >= 15 is 0 Å². The van der Waals surface area contributed by atoms with Gasteiger partial charge in [-0.3, -0.25) is 0 Å². The van der Waals surface area contributed by atoms with E-state index in [0.717, 1.165) is 37.0 Å². The Morgan fingerprint density at radius 3 is 2.47 bits per heavy atom. The molecular formula is C15H19NO3. The normalized spacial score (nSPS) is 10.8. The van der Waals surface area contributed by atoms with Gasteiger partial charge in [0.2, 0.25) is 5.76 Å². The van der Waals surface area contributed by atoms with Crippen molar-refractivity contribution in [1.82, 2.24) is 0 Å². The minimum absolute atomic E-state index is 0.00955. The molecule has 0 unspecified atom stereocenters. The van der Waals surface area contributed by atoms with Crippen molar-refractivity contribution in [2.45, 2.75) is 26.7 Å². The zero-order valence-electron chi connectivity index (χ0n) is 11.3. The standard InChI is InChI=1S/C15H19NO3/c1-3-7-16(8-4-2)12-5-6-13-11(9-12)10-14(19-13)15(17)18/h5-6,9-10H,3-4,7-8H2,1-2H3,(H,17,18). The second kappa shape index (κ2) is 5.78. The molecule has 4 nitrogen and oxygen atoms in total. The molecule has 19 heavy (non-hydrogen) atoms. The lowest BCUT2D eigenvalue weighted by Crippen LogP contribution is -2.24. The monoisotopic (exact) mass is 261 g/mol. The molecule has 4 heteroatoms. The molecule has 0 spiro atoms. The molecule has 0 aliphatic carbocycles. The van der Waals surface area contributed by atoms with Crippen molar-refractivity contribution in [3.8, 4) is 0 Å².